The fraction of sp³-hybridized carbons (Fsp3) is 0.526. The van der Waals surface area contributed by atoms with Crippen LogP contribution in [0.3, 0.4) is 0 Å². The molecule has 0 amide bonds. The molecule has 0 aliphatic carbocycles. The predicted octanol–water partition coefficient (Wildman–Crippen LogP) is 3.00. The Hall–Kier alpha value is -1.43. The summed E-state index contributed by atoms with van der Waals surface area (Å²) in [6, 6.07) is 10.8. The average Bonchev–Trinajstić information content (AvgIpc) is 3.03. The number of aromatic nitrogens is 1. The van der Waals surface area contributed by atoms with Crippen LogP contribution < -0.4 is 10.2 Å². The third-order valence-corrected chi connectivity index (χ3v) is 5.76. The van der Waals surface area contributed by atoms with Crippen molar-refractivity contribution in [3.63, 3.8) is 0 Å². The number of nitrogens with zero attached hydrogens (tertiary/aromatic N) is 2. The molecule has 0 saturated carbocycles. The molecule has 24 heavy (non-hydrogen) atoms. The molecule has 2 heterocycles. The van der Waals surface area contributed by atoms with Gasteiger partial charge in [0.05, 0.1) is 11.8 Å². The van der Waals surface area contributed by atoms with Gasteiger partial charge in [0.2, 0.25) is 0 Å². The van der Waals surface area contributed by atoms with Crippen molar-refractivity contribution in [1.29, 1.82) is 0 Å². The maximum absolute atomic E-state index is 10.5. The van der Waals surface area contributed by atoms with Crippen molar-refractivity contribution < 1.29 is 5.11 Å². The summed E-state index contributed by atoms with van der Waals surface area (Å²) in [5.41, 5.74) is 2.29. The van der Waals surface area contributed by atoms with Gasteiger partial charge in [-0.1, -0.05) is 30.3 Å². The number of aliphatic hydroxyl groups is 1. The number of rotatable bonds is 6. The summed E-state index contributed by atoms with van der Waals surface area (Å²) in [5.74, 6) is 0. The van der Waals surface area contributed by atoms with Crippen LogP contribution in [-0.2, 0) is 6.42 Å². The van der Waals surface area contributed by atoms with Crippen molar-refractivity contribution in [2.45, 2.75) is 51.3 Å². The van der Waals surface area contributed by atoms with Gasteiger partial charge in [-0.05, 0) is 38.7 Å². The zero-order valence-corrected chi connectivity index (χ0v) is 15.3. The molecule has 0 spiro atoms. The molecule has 1 fully saturated rings. The number of hydrogen-bond acceptors (Lipinski definition) is 5. The summed E-state index contributed by atoms with van der Waals surface area (Å²) in [6.07, 6.45) is 2.54. The Kier molecular flexibility index (Phi) is 5.87. The molecule has 2 unspecified atom stereocenters. The summed E-state index contributed by atoms with van der Waals surface area (Å²) in [6.45, 7) is 6.20. The maximum Gasteiger partial charge on any atom is 0.185 e. The van der Waals surface area contributed by atoms with E-state index in [1.165, 1.54) is 5.56 Å². The van der Waals surface area contributed by atoms with Gasteiger partial charge in [0, 0.05) is 30.6 Å². The van der Waals surface area contributed by atoms with E-state index in [0.717, 1.165) is 36.8 Å². The Morgan fingerprint density at radius 1 is 1.29 bits per heavy atom. The quantitative estimate of drug-likeness (QED) is 0.845. The van der Waals surface area contributed by atoms with E-state index in [1.807, 2.05) is 25.1 Å². The van der Waals surface area contributed by atoms with Gasteiger partial charge in [-0.15, -0.1) is 11.3 Å². The van der Waals surface area contributed by atoms with Gasteiger partial charge in [-0.25, -0.2) is 4.98 Å². The van der Waals surface area contributed by atoms with Crippen molar-refractivity contribution in [2.24, 2.45) is 0 Å². The van der Waals surface area contributed by atoms with Crippen LogP contribution in [0.5, 0.6) is 0 Å². The minimum absolute atomic E-state index is 0.101. The van der Waals surface area contributed by atoms with Crippen LogP contribution in [0.2, 0.25) is 0 Å². The Morgan fingerprint density at radius 2 is 2.00 bits per heavy atom. The van der Waals surface area contributed by atoms with E-state index in [-0.39, 0.29) is 12.1 Å². The smallest absolute Gasteiger partial charge is 0.185 e. The molecule has 130 valence electrons. The minimum Gasteiger partial charge on any atom is -0.391 e. The molecule has 2 N–H and O–H groups in total. The van der Waals surface area contributed by atoms with E-state index >= 15 is 0 Å². The second-order valence-corrected chi connectivity index (χ2v) is 7.58. The van der Waals surface area contributed by atoms with Crippen LogP contribution in [0.15, 0.2) is 35.7 Å². The summed E-state index contributed by atoms with van der Waals surface area (Å²) >= 11 is 1.73. The highest BCUT2D eigenvalue weighted by Crippen LogP contribution is 2.24. The standard InChI is InChI=1S/C19H27N3OS/c1-14-13-24-19(20-14)22-10-8-17(9-11-22)21-15(2)18(23)12-16-6-4-3-5-7-16/h3-7,13,15,17-18,21,23H,8-12H2,1-2H3. The molecule has 1 aromatic heterocycles. The first-order valence-corrected chi connectivity index (χ1v) is 9.65. The molecule has 4 nitrogen and oxygen atoms in total. The third-order valence-electron chi connectivity index (χ3n) is 4.74. The van der Waals surface area contributed by atoms with E-state index in [1.54, 1.807) is 11.3 Å². The number of aryl methyl sites for hydroxylation is 1. The lowest BCUT2D eigenvalue weighted by atomic mass is 10.00. The minimum atomic E-state index is -0.355. The summed E-state index contributed by atoms with van der Waals surface area (Å²) in [4.78, 5) is 6.96. The summed E-state index contributed by atoms with van der Waals surface area (Å²) < 4.78 is 0. The number of aliphatic hydroxyl groups excluding tert-OH is 1. The Bertz CT molecular complexity index is 623. The summed E-state index contributed by atoms with van der Waals surface area (Å²) in [7, 11) is 0. The normalized spacial score (nSPS) is 18.5. The molecule has 0 radical (unpaired) electrons. The van der Waals surface area contributed by atoms with Gasteiger partial charge in [0.25, 0.3) is 0 Å². The topological polar surface area (TPSA) is 48.4 Å². The Balaban J connectivity index is 1.45. The Labute approximate surface area is 148 Å². The SMILES string of the molecule is Cc1csc(N2CCC(NC(C)C(O)Cc3ccccc3)CC2)n1. The van der Waals surface area contributed by atoms with E-state index in [0.29, 0.717) is 12.5 Å². The lowest BCUT2D eigenvalue weighted by molar-refractivity contribution is 0.125. The highest BCUT2D eigenvalue weighted by Gasteiger charge is 2.24. The molecule has 0 bridgehead atoms. The van der Waals surface area contributed by atoms with Gasteiger partial charge in [0.15, 0.2) is 5.13 Å². The van der Waals surface area contributed by atoms with Crippen molar-refractivity contribution in [3.8, 4) is 0 Å². The van der Waals surface area contributed by atoms with Crippen LogP contribution in [0.1, 0.15) is 31.0 Å². The van der Waals surface area contributed by atoms with E-state index in [9.17, 15) is 5.11 Å². The molecular weight excluding hydrogens is 318 g/mol. The van der Waals surface area contributed by atoms with E-state index < -0.39 is 0 Å². The summed E-state index contributed by atoms with van der Waals surface area (Å²) in [5, 5.41) is 17.3. The highest BCUT2D eigenvalue weighted by molar-refractivity contribution is 7.13. The highest BCUT2D eigenvalue weighted by atomic mass is 32.1. The maximum atomic E-state index is 10.5. The van der Waals surface area contributed by atoms with Crippen molar-refractivity contribution in [2.75, 3.05) is 18.0 Å². The zero-order valence-electron chi connectivity index (χ0n) is 14.5. The second kappa shape index (κ2) is 8.10. The predicted molar refractivity (Wildman–Crippen MR) is 101 cm³/mol. The van der Waals surface area contributed by atoms with E-state index in [2.05, 4.69) is 39.6 Å². The van der Waals surface area contributed by atoms with Crippen LogP contribution in [0, 0.1) is 6.92 Å². The molecule has 1 saturated heterocycles. The molecule has 1 aliphatic heterocycles. The first kappa shape index (κ1) is 17.4. The van der Waals surface area contributed by atoms with Crippen LogP contribution in [-0.4, -0.2) is 41.4 Å². The number of anilines is 1. The lowest BCUT2D eigenvalue weighted by Gasteiger charge is -2.34. The first-order chi connectivity index (χ1) is 11.6. The second-order valence-electron chi connectivity index (χ2n) is 6.75. The molecular formula is C19H27N3OS. The molecule has 2 aromatic rings. The largest absolute Gasteiger partial charge is 0.391 e. The number of nitrogens with one attached hydrogen (secondary N) is 1. The van der Waals surface area contributed by atoms with Gasteiger partial charge in [0.1, 0.15) is 0 Å². The van der Waals surface area contributed by atoms with Crippen molar-refractivity contribution in [3.05, 3.63) is 47.0 Å². The molecule has 1 aliphatic rings. The molecule has 5 heteroatoms. The fourth-order valence-corrected chi connectivity index (χ4v) is 4.10. The molecule has 2 atom stereocenters. The van der Waals surface area contributed by atoms with Crippen molar-refractivity contribution >= 4 is 16.5 Å². The van der Waals surface area contributed by atoms with Crippen molar-refractivity contribution in [1.82, 2.24) is 10.3 Å². The number of thiazole rings is 1. The monoisotopic (exact) mass is 345 g/mol. The van der Waals surface area contributed by atoms with Gasteiger partial charge < -0.3 is 15.3 Å². The Morgan fingerprint density at radius 3 is 2.62 bits per heavy atom. The molecule has 1 aromatic carbocycles. The molecule has 3 rings (SSSR count). The van der Waals surface area contributed by atoms with Crippen LogP contribution in [0.25, 0.3) is 0 Å². The van der Waals surface area contributed by atoms with Gasteiger partial charge >= 0.3 is 0 Å². The number of benzene rings is 1. The third kappa shape index (κ3) is 4.56. The number of piperidine rings is 1. The van der Waals surface area contributed by atoms with Crippen LogP contribution >= 0.6 is 11.3 Å². The lowest BCUT2D eigenvalue weighted by Crippen LogP contribution is -2.49. The van der Waals surface area contributed by atoms with Gasteiger partial charge in [-0.2, -0.15) is 0 Å². The average molecular weight is 346 g/mol. The zero-order chi connectivity index (χ0) is 16.9. The first-order valence-electron chi connectivity index (χ1n) is 8.77. The van der Waals surface area contributed by atoms with Gasteiger partial charge in [-0.3, -0.25) is 0 Å². The van der Waals surface area contributed by atoms with Crippen LogP contribution in [0.4, 0.5) is 5.13 Å². The van der Waals surface area contributed by atoms with E-state index in [4.69, 9.17) is 0 Å². The fourth-order valence-electron chi connectivity index (χ4n) is 3.24. The number of hydrogen-bond donors (Lipinski definition) is 2.